The molecule has 148 valence electrons. The van der Waals surface area contributed by atoms with Crippen molar-refractivity contribution >= 4 is 28.3 Å². The van der Waals surface area contributed by atoms with Crippen LogP contribution in [-0.4, -0.2) is 36.7 Å². The summed E-state index contributed by atoms with van der Waals surface area (Å²) in [6.07, 6.45) is 0.0929. The quantitative estimate of drug-likeness (QED) is 0.546. The summed E-state index contributed by atoms with van der Waals surface area (Å²) < 4.78 is 39.8. The summed E-state index contributed by atoms with van der Waals surface area (Å²) in [5.74, 6) is -0.148. The maximum absolute atomic E-state index is 12.9. The van der Waals surface area contributed by atoms with Crippen molar-refractivity contribution in [1.82, 2.24) is 24.6 Å². The number of nitrogens with zero attached hydrogens (tertiary/aromatic N) is 5. The average molecular weight is 418 g/mol. The number of rotatable bonds is 4. The topological polar surface area (TPSA) is 85.6 Å². The fourth-order valence-corrected chi connectivity index (χ4v) is 3.44. The molecule has 0 radical (unpaired) electrons. The molecule has 4 rings (SSSR count). The van der Waals surface area contributed by atoms with Crippen molar-refractivity contribution in [3.63, 3.8) is 0 Å². The molecule has 0 aliphatic rings. The molecule has 4 aromatic rings. The molecule has 29 heavy (non-hydrogen) atoms. The fourth-order valence-electron chi connectivity index (χ4n) is 2.86. The monoisotopic (exact) mass is 418 g/mol. The Labute approximate surface area is 166 Å². The minimum Gasteiger partial charge on any atom is -0.267 e. The van der Waals surface area contributed by atoms with Gasteiger partial charge in [0, 0.05) is 35.7 Å². The van der Waals surface area contributed by atoms with Crippen molar-refractivity contribution < 1.29 is 18.0 Å². The highest BCUT2D eigenvalue weighted by Gasteiger charge is 2.30. The smallest absolute Gasteiger partial charge is 0.267 e. The van der Waals surface area contributed by atoms with Gasteiger partial charge in [-0.15, -0.1) is 11.3 Å². The first kappa shape index (κ1) is 19.0. The van der Waals surface area contributed by atoms with Crippen LogP contribution in [0.3, 0.4) is 0 Å². The van der Waals surface area contributed by atoms with E-state index in [9.17, 15) is 18.0 Å². The Morgan fingerprint density at radius 1 is 1.24 bits per heavy atom. The third-order valence-electron chi connectivity index (χ3n) is 4.10. The van der Waals surface area contributed by atoms with Gasteiger partial charge < -0.3 is 0 Å². The average Bonchev–Trinajstić information content (AvgIpc) is 3.30. The highest BCUT2D eigenvalue weighted by molar-refractivity contribution is 7.12. The molecular formula is C18H13F3N6OS. The lowest BCUT2D eigenvalue weighted by Crippen LogP contribution is -2.23. The van der Waals surface area contributed by atoms with E-state index in [1.165, 1.54) is 34.6 Å². The van der Waals surface area contributed by atoms with Crippen molar-refractivity contribution in [1.29, 1.82) is 0 Å². The van der Waals surface area contributed by atoms with Gasteiger partial charge in [0.05, 0.1) is 28.7 Å². The van der Waals surface area contributed by atoms with Gasteiger partial charge >= 0.3 is 6.18 Å². The SMILES string of the molecule is Cc1nc(-c2nccs2)ncc1C(=O)Nn1cc(CC(F)(F)F)c2ncccc21. The van der Waals surface area contributed by atoms with Gasteiger partial charge in [-0.3, -0.25) is 19.9 Å². The largest absolute Gasteiger partial charge is 0.393 e. The van der Waals surface area contributed by atoms with Crippen molar-refractivity contribution in [2.45, 2.75) is 19.5 Å². The molecule has 0 aromatic carbocycles. The molecule has 0 aliphatic carbocycles. The van der Waals surface area contributed by atoms with E-state index in [2.05, 4.69) is 25.4 Å². The number of carbonyl (C=O) groups is 1. The second-order valence-corrected chi connectivity index (χ2v) is 7.05. The maximum atomic E-state index is 12.9. The van der Waals surface area contributed by atoms with Gasteiger partial charge in [0.15, 0.2) is 10.8 Å². The number of carbonyl (C=O) groups excluding carboxylic acids is 1. The number of halogens is 3. The number of pyridine rings is 1. The zero-order chi connectivity index (χ0) is 20.6. The summed E-state index contributed by atoms with van der Waals surface area (Å²) in [6.45, 7) is 1.65. The Kier molecular flexibility index (Phi) is 4.74. The molecule has 0 saturated heterocycles. The Hall–Kier alpha value is -3.34. The Bertz CT molecular complexity index is 1190. The number of hydrogen-bond acceptors (Lipinski definition) is 6. The Balaban J connectivity index is 1.64. The predicted molar refractivity (Wildman–Crippen MR) is 101 cm³/mol. The van der Waals surface area contributed by atoms with E-state index in [1.54, 1.807) is 30.6 Å². The minimum atomic E-state index is -4.39. The highest BCUT2D eigenvalue weighted by Crippen LogP contribution is 2.27. The molecule has 0 fully saturated rings. The number of aryl methyl sites for hydroxylation is 1. The van der Waals surface area contributed by atoms with E-state index in [4.69, 9.17) is 0 Å². The summed E-state index contributed by atoms with van der Waals surface area (Å²) in [4.78, 5) is 29.3. The first-order valence-corrected chi connectivity index (χ1v) is 9.26. The van der Waals surface area contributed by atoms with Crippen LogP contribution in [0.5, 0.6) is 0 Å². The number of amides is 1. The van der Waals surface area contributed by atoms with E-state index in [0.29, 0.717) is 22.0 Å². The summed E-state index contributed by atoms with van der Waals surface area (Å²) in [7, 11) is 0. The molecule has 0 atom stereocenters. The molecule has 1 N–H and O–H groups in total. The van der Waals surface area contributed by atoms with Crippen LogP contribution in [-0.2, 0) is 6.42 Å². The Morgan fingerprint density at radius 2 is 2.07 bits per heavy atom. The lowest BCUT2D eigenvalue weighted by Gasteiger charge is -2.09. The molecular weight excluding hydrogens is 405 g/mol. The van der Waals surface area contributed by atoms with Gasteiger partial charge in [-0.2, -0.15) is 13.2 Å². The van der Waals surface area contributed by atoms with Crippen LogP contribution < -0.4 is 5.43 Å². The second kappa shape index (κ2) is 7.24. The van der Waals surface area contributed by atoms with E-state index in [1.807, 2.05) is 0 Å². The summed E-state index contributed by atoms with van der Waals surface area (Å²) in [6, 6.07) is 3.16. The van der Waals surface area contributed by atoms with Gasteiger partial charge in [0.1, 0.15) is 0 Å². The van der Waals surface area contributed by atoms with Crippen LogP contribution in [0.15, 0.2) is 42.3 Å². The third-order valence-corrected chi connectivity index (χ3v) is 4.86. The summed E-state index contributed by atoms with van der Waals surface area (Å²) in [5, 5.41) is 2.41. The van der Waals surface area contributed by atoms with E-state index < -0.39 is 18.5 Å². The lowest BCUT2D eigenvalue weighted by atomic mass is 10.2. The van der Waals surface area contributed by atoms with Crippen LogP contribution >= 0.6 is 11.3 Å². The summed E-state index contributed by atoms with van der Waals surface area (Å²) >= 11 is 1.37. The van der Waals surface area contributed by atoms with Crippen LogP contribution in [0.4, 0.5) is 13.2 Å². The molecule has 1 amide bonds. The molecule has 0 spiro atoms. The molecule has 4 heterocycles. The molecule has 0 saturated carbocycles. The van der Waals surface area contributed by atoms with E-state index in [-0.39, 0.29) is 16.6 Å². The number of hydrogen-bond donors (Lipinski definition) is 1. The summed E-state index contributed by atoms with van der Waals surface area (Å²) in [5.41, 5.74) is 3.72. The van der Waals surface area contributed by atoms with E-state index >= 15 is 0 Å². The first-order valence-electron chi connectivity index (χ1n) is 8.38. The third kappa shape index (κ3) is 3.94. The predicted octanol–water partition coefficient (Wildman–Crippen LogP) is 3.75. The van der Waals surface area contributed by atoms with Crippen molar-refractivity contribution in [3.05, 3.63) is 59.1 Å². The van der Waals surface area contributed by atoms with Gasteiger partial charge in [-0.1, -0.05) is 0 Å². The zero-order valence-corrected chi connectivity index (χ0v) is 15.8. The molecule has 0 bridgehead atoms. The zero-order valence-electron chi connectivity index (χ0n) is 14.9. The molecule has 7 nitrogen and oxygen atoms in total. The van der Waals surface area contributed by atoms with Crippen LogP contribution in [0.2, 0.25) is 0 Å². The standard InChI is InChI=1S/C18H13F3N6OS/c1-10-12(8-24-15(25-10)17-23-5-6-29-17)16(28)26-27-9-11(7-18(19,20)21)14-13(27)3-2-4-22-14/h2-6,8-9H,7H2,1H3,(H,26,28). The number of nitrogens with one attached hydrogen (secondary N) is 1. The van der Waals surface area contributed by atoms with Gasteiger partial charge in [-0.25, -0.2) is 15.0 Å². The van der Waals surface area contributed by atoms with E-state index in [0.717, 1.165) is 0 Å². The number of thiazole rings is 1. The van der Waals surface area contributed by atoms with Crippen LogP contribution in [0.1, 0.15) is 21.6 Å². The number of aromatic nitrogens is 5. The van der Waals surface area contributed by atoms with Crippen molar-refractivity contribution in [2.24, 2.45) is 0 Å². The normalized spacial score (nSPS) is 11.7. The van der Waals surface area contributed by atoms with Crippen molar-refractivity contribution in [2.75, 3.05) is 5.43 Å². The Morgan fingerprint density at radius 3 is 2.76 bits per heavy atom. The maximum Gasteiger partial charge on any atom is 0.393 e. The van der Waals surface area contributed by atoms with Crippen LogP contribution in [0.25, 0.3) is 21.9 Å². The molecule has 11 heteroatoms. The number of fused-ring (bicyclic) bond motifs is 1. The molecule has 0 unspecified atom stereocenters. The van der Waals surface area contributed by atoms with Gasteiger partial charge in [0.25, 0.3) is 5.91 Å². The van der Waals surface area contributed by atoms with Crippen LogP contribution in [0, 0.1) is 6.92 Å². The fraction of sp³-hybridized carbons (Fsp3) is 0.167. The van der Waals surface area contributed by atoms with Gasteiger partial charge in [-0.05, 0) is 19.1 Å². The minimum absolute atomic E-state index is 0.0273. The molecule has 4 aromatic heterocycles. The molecule has 0 aliphatic heterocycles. The first-order chi connectivity index (χ1) is 13.8. The van der Waals surface area contributed by atoms with Crippen molar-refractivity contribution in [3.8, 4) is 10.8 Å². The lowest BCUT2D eigenvalue weighted by molar-refractivity contribution is -0.127. The number of alkyl halides is 3. The highest BCUT2D eigenvalue weighted by atomic mass is 32.1. The second-order valence-electron chi connectivity index (χ2n) is 6.16. The van der Waals surface area contributed by atoms with Gasteiger partial charge in [0.2, 0.25) is 0 Å².